The minimum Gasteiger partial charge on any atom is -0.454 e. The minimum absolute atomic E-state index is 0.126. The summed E-state index contributed by atoms with van der Waals surface area (Å²) in [5, 5.41) is 0. The molecule has 0 bridgehead atoms. The van der Waals surface area contributed by atoms with Gasteiger partial charge in [-0.1, -0.05) is 0 Å². The lowest BCUT2D eigenvalue weighted by Gasteiger charge is -2.06. The highest BCUT2D eigenvalue weighted by Crippen LogP contribution is 2.33. The van der Waals surface area contributed by atoms with Crippen molar-refractivity contribution in [2.45, 2.75) is 18.4 Å². The van der Waals surface area contributed by atoms with E-state index in [-0.39, 0.29) is 18.2 Å². The summed E-state index contributed by atoms with van der Waals surface area (Å²) in [6.07, 6.45) is 0. The number of rotatable bonds is 4. The van der Waals surface area contributed by atoms with Gasteiger partial charge in [-0.3, -0.25) is 0 Å². The van der Waals surface area contributed by atoms with Crippen LogP contribution < -0.4 is 14.2 Å². The van der Waals surface area contributed by atoms with Crippen LogP contribution in [0, 0.1) is 6.92 Å². The van der Waals surface area contributed by atoms with Gasteiger partial charge >= 0.3 is 0 Å². The molecule has 7 heteroatoms. The Morgan fingerprint density at radius 1 is 1.20 bits per heavy atom. The van der Waals surface area contributed by atoms with Gasteiger partial charge in [0.05, 0.1) is 4.90 Å². The van der Waals surface area contributed by atoms with Crippen molar-refractivity contribution >= 4 is 21.4 Å². The lowest BCUT2D eigenvalue weighted by Crippen LogP contribution is -2.22. The van der Waals surface area contributed by atoms with Gasteiger partial charge in [0.2, 0.25) is 16.8 Å². The van der Waals surface area contributed by atoms with Crippen LogP contribution in [0.15, 0.2) is 35.2 Å². The van der Waals surface area contributed by atoms with E-state index in [1.54, 1.807) is 17.4 Å². The Morgan fingerprint density at radius 2 is 2.00 bits per heavy atom. The van der Waals surface area contributed by atoms with Crippen molar-refractivity contribution in [1.29, 1.82) is 0 Å². The zero-order chi connectivity index (χ0) is 14.2. The standard InChI is InChI=1S/C13H13NO4S2/c1-9-2-3-10(19-9)7-14-20(15,16)11-4-5-12-13(6-11)18-8-17-12/h2-6,14H,7-8H2,1H3. The van der Waals surface area contributed by atoms with Crippen LogP contribution in [0.3, 0.4) is 0 Å². The molecule has 0 saturated carbocycles. The fourth-order valence-corrected chi connectivity index (χ4v) is 3.82. The van der Waals surface area contributed by atoms with Crippen molar-refractivity contribution in [2.75, 3.05) is 6.79 Å². The van der Waals surface area contributed by atoms with E-state index < -0.39 is 10.0 Å². The van der Waals surface area contributed by atoms with E-state index in [0.717, 1.165) is 9.75 Å². The van der Waals surface area contributed by atoms with Crippen molar-refractivity contribution in [3.05, 3.63) is 40.1 Å². The fourth-order valence-electron chi connectivity index (χ4n) is 1.87. The second-order valence-corrected chi connectivity index (χ2v) is 7.49. The molecule has 1 aliphatic rings. The SMILES string of the molecule is Cc1ccc(CNS(=O)(=O)c2ccc3c(c2)OCO3)s1. The summed E-state index contributed by atoms with van der Waals surface area (Å²) in [6, 6.07) is 8.48. The predicted molar refractivity (Wildman–Crippen MR) is 75.6 cm³/mol. The summed E-state index contributed by atoms with van der Waals surface area (Å²) >= 11 is 1.57. The molecule has 0 atom stereocenters. The van der Waals surface area contributed by atoms with E-state index in [2.05, 4.69) is 4.72 Å². The first-order valence-corrected chi connectivity index (χ1v) is 8.29. The molecule has 0 spiro atoms. The second-order valence-electron chi connectivity index (χ2n) is 4.35. The highest BCUT2D eigenvalue weighted by molar-refractivity contribution is 7.89. The van der Waals surface area contributed by atoms with Gasteiger partial charge < -0.3 is 9.47 Å². The maximum atomic E-state index is 12.2. The Morgan fingerprint density at radius 3 is 2.75 bits per heavy atom. The predicted octanol–water partition coefficient (Wildman–Crippen LogP) is 2.26. The minimum atomic E-state index is -3.55. The molecule has 0 amide bonds. The zero-order valence-electron chi connectivity index (χ0n) is 10.8. The summed E-state index contributed by atoms with van der Waals surface area (Å²) in [6.45, 7) is 2.40. The number of fused-ring (bicyclic) bond motifs is 1. The lowest BCUT2D eigenvalue weighted by molar-refractivity contribution is 0.174. The molecule has 2 heterocycles. The highest BCUT2D eigenvalue weighted by atomic mass is 32.2. The Kier molecular flexibility index (Phi) is 3.41. The number of nitrogens with one attached hydrogen (secondary N) is 1. The summed E-state index contributed by atoms with van der Waals surface area (Å²) in [5.74, 6) is 1.03. The topological polar surface area (TPSA) is 64.6 Å². The van der Waals surface area contributed by atoms with E-state index in [9.17, 15) is 8.42 Å². The van der Waals surface area contributed by atoms with Gasteiger partial charge in [0.25, 0.3) is 0 Å². The van der Waals surface area contributed by atoms with Gasteiger partial charge in [-0.25, -0.2) is 13.1 Å². The Hall–Kier alpha value is -1.57. The average Bonchev–Trinajstić information content (AvgIpc) is 3.04. The average molecular weight is 311 g/mol. The highest BCUT2D eigenvalue weighted by Gasteiger charge is 2.20. The van der Waals surface area contributed by atoms with E-state index in [0.29, 0.717) is 11.5 Å². The molecule has 3 rings (SSSR count). The normalized spacial score (nSPS) is 13.7. The van der Waals surface area contributed by atoms with Gasteiger partial charge in [0, 0.05) is 22.4 Å². The maximum absolute atomic E-state index is 12.2. The van der Waals surface area contributed by atoms with Crippen LogP contribution in [-0.2, 0) is 16.6 Å². The third-order valence-electron chi connectivity index (χ3n) is 2.89. The largest absolute Gasteiger partial charge is 0.454 e. The van der Waals surface area contributed by atoms with Gasteiger partial charge in [-0.2, -0.15) is 0 Å². The van der Waals surface area contributed by atoms with E-state index >= 15 is 0 Å². The van der Waals surface area contributed by atoms with Crippen LogP contribution in [0.1, 0.15) is 9.75 Å². The second kappa shape index (κ2) is 5.08. The first-order chi connectivity index (χ1) is 9.54. The fraction of sp³-hybridized carbons (Fsp3) is 0.231. The molecule has 1 N–H and O–H groups in total. The van der Waals surface area contributed by atoms with Crippen molar-refractivity contribution in [3.63, 3.8) is 0 Å². The molecule has 0 radical (unpaired) electrons. The van der Waals surface area contributed by atoms with E-state index in [4.69, 9.17) is 9.47 Å². The molecule has 1 aromatic carbocycles. The molecule has 5 nitrogen and oxygen atoms in total. The smallest absolute Gasteiger partial charge is 0.241 e. The number of benzene rings is 1. The first-order valence-electron chi connectivity index (χ1n) is 5.99. The third kappa shape index (κ3) is 2.65. The van der Waals surface area contributed by atoms with Crippen LogP contribution in [0.4, 0.5) is 0 Å². The zero-order valence-corrected chi connectivity index (χ0v) is 12.4. The summed E-state index contributed by atoms with van der Waals surface area (Å²) in [4.78, 5) is 2.31. The number of hydrogen-bond donors (Lipinski definition) is 1. The molecule has 1 aliphatic heterocycles. The molecule has 1 aromatic heterocycles. The number of hydrogen-bond acceptors (Lipinski definition) is 5. The van der Waals surface area contributed by atoms with Crippen LogP contribution in [0.25, 0.3) is 0 Å². The molecule has 2 aromatic rings. The molecule has 0 aliphatic carbocycles. The van der Waals surface area contributed by atoms with Crippen molar-refractivity contribution in [1.82, 2.24) is 4.72 Å². The van der Waals surface area contributed by atoms with Crippen molar-refractivity contribution in [2.24, 2.45) is 0 Å². The number of ether oxygens (including phenoxy) is 2. The van der Waals surface area contributed by atoms with Crippen molar-refractivity contribution in [3.8, 4) is 11.5 Å². The number of aryl methyl sites for hydroxylation is 1. The number of thiophene rings is 1. The van der Waals surface area contributed by atoms with Gasteiger partial charge in [-0.05, 0) is 31.2 Å². The summed E-state index contributed by atoms with van der Waals surface area (Å²) in [7, 11) is -3.55. The molecular weight excluding hydrogens is 298 g/mol. The van der Waals surface area contributed by atoms with Gasteiger partial charge in [0.1, 0.15) is 0 Å². The van der Waals surface area contributed by atoms with Crippen LogP contribution in [-0.4, -0.2) is 15.2 Å². The Labute approximate surface area is 121 Å². The third-order valence-corrected chi connectivity index (χ3v) is 5.29. The van der Waals surface area contributed by atoms with Gasteiger partial charge in [-0.15, -0.1) is 11.3 Å². The molecule has 20 heavy (non-hydrogen) atoms. The van der Waals surface area contributed by atoms with Crippen LogP contribution in [0.5, 0.6) is 11.5 Å². The van der Waals surface area contributed by atoms with Crippen LogP contribution >= 0.6 is 11.3 Å². The monoisotopic (exact) mass is 311 g/mol. The quantitative estimate of drug-likeness (QED) is 0.940. The molecule has 0 fully saturated rings. The molecule has 0 unspecified atom stereocenters. The Bertz CT molecular complexity index is 737. The molecule has 0 saturated heterocycles. The molecule has 106 valence electrons. The lowest BCUT2D eigenvalue weighted by atomic mass is 10.3. The summed E-state index contributed by atoms with van der Waals surface area (Å²) in [5.41, 5.74) is 0. The van der Waals surface area contributed by atoms with E-state index in [1.807, 2.05) is 19.1 Å². The maximum Gasteiger partial charge on any atom is 0.241 e. The Balaban J connectivity index is 1.78. The van der Waals surface area contributed by atoms with Crippen molar-refractivity contribution < 1.29 is 17.9 Å². The van der Waals surface area contributed by atoms with Gasteiger partial charge in [0.15, 0.2) is 11.5 Å². The molecular formula is C13H13NO4S2. The van der Waals surface area contributed by atoms with Crippen LogP contribution in [0.2, 0.25) is 0 Å². The number of sulfonamides is 1. The summed E-state index contributed by atoms with van der Waals surface area (Å²) < 4.78 is 37.4. The van der Waals surface area contributed by atoms with E-state index in [1.165, 1.54) is 12.1 Å². The first kappa shape index (κ1) is 13.4.